The molecule has 0 bridgehead atoms. The van der Waals surface area contributed by atoms with Crippen LogP contribution in [0.5, 0.6) is 5.75 Å². The van der Waals surface area contributed by atoms with E-state index in [2.05, 4.69) is 11.8 Å². The van der Waals surface area contributed by atoms with E-state index < -0.39 is 0 Å². The summed E-state index contributed by atoms with van der Waals surface area (Å²) in [7, 11) is 1.63. The van der Waals surface area contributed by atoms with Gasteiger partial charge in [0.05, 0.1) is 13.0 Å². The number of carbonyl (C=O) groups excluding carboxylic acids is 2. The van der Waals surface area contributed by atoms with Crippen molar-refractivity contribution in [3.8, 4) is 5.75 Å². The Morgan fingerprint density at radius 3 is 2.68 bits per heavy atom. The summed E-state index contributed by atoms with van der Waals surface area (Å²) in [5, 5.41) is 0. The average molecular weight is 345 g/mol. The van der Waals surface area contributed by atoms with Gasteiger partial charge in [-0.05, 0) is 24.2 Å². The Balaban J connectivity index is 1.57. The van der Waals surface area contributed by atoms with Crippen molar-refractivity contribution in [1.82, 2.24) is 14.7 Å². The van der Waals surface area contributed by atoms with Crippen LogP contribution >= 0.6 is 0 Å². The third kappa shape index (κ3) is 4.12. The zero-order valence-corrected chi connectivity index (χ0v) is 15.1. The summed E-state index contributed by atoms with van der Waals surface area (Å²) in [6.07, 6.45) is 0.330. The van der Waals surface area contributed by atoms with Crippen molar-refractivity contribution < 1.29 is 14.3 Å². The second kappa shape index (κ2) is 7.87. The van der Waals surface area contributed by atoms with Crippen molar-refractivity contribution in [2.45, 2.75) is 19.9 Å². The van der Waals surface area contributed by atoms with Gasteiger partial charge in [-0.15, -0.1) is 0 Å². The molecule has 3 rings (SSSR count). The number of benzene rings is 1. The number of rotatable bonds is 5. The van der Waals surface area contributed by atoms with E-state index in [9.17, 15) is 9.59 Å². The van der Waals surface area contributed by atoms with E-state index >= 15 is 0 Å². The number of nitrogens with zero attached hydrogens (tertiary/aromatic N) is 3. The molecular weight excluding hydrogens is 318 g/mol. The van der Waals surface area contributed by atoms with Crippen molar-refractivity contribution in [3.05, 3.63) is 29.8 Å². The smallest absolute Gasteiger partial charge is 0.228 e. The molecular formula is C19H27N3O3. The second-order valence-corrected chi connectivity index (χ2v) is 6.79. The topological polar surface area (TPSA) is 53.1 Å². The summed E-state index contributed by atoms with van der Waals surface area (Å²) >= 11 is 0. The minimum atomic E-state index is -0.203. The number of hydrogen-bond donors (Lipinski definition) is 0. The summed E-state index contributed by atoms with van der Waals surface area (Å²) in [5.74, 6) is 0.780. The Morgan fingerprint density at radius 1 is 1.24 bits per heavy atom. The predicted molar refractivity (Wildman–Crippen MR) is 95.2 cm³/mol. The van der Waals surface area contributed by atoms with Crippen LogP contribution in [0.1, 0.15) is 18.9 Å². The molecule has 25 heavy (non-hydrogen) atoms. The average Bonchev–Trinajstić information content (AvgIpc) is 3.02. The number of hydrogen-bond acceptors (Lipinski definition) is 4. The molecule has 2 saturated heterocycles. The fourth-order valence-corrected chi connectivity index (χ4v) is 3.62. The van der Waals surface area contributed by atoms with Gasteiger partial charge in [0, 0.05) is 45.7 Å². The van der Waals surface area contributed by atoms with Crippen LogP contribution in [0.4, 0.5) is 0 Å². The zero-order chi connectivity index (χ0) is 17.8. The quantitative estimate of drug-likeness (QED) is 0.805. The number of methoxy groups -OCH3 is 1. The Kier molecular flexibility index (Phi) is 5.58. The lowest BCUT2D eigenvalue weighted by atomic mass is 10.1. The molecule has 1 atom stereocenters. The lowest BCUT2D eigenvalue weighted by Crippen LogP contribution is -2.50. The second-order valence-electron chi connectivity index (χ2n) is 6.79. The predicted octanol–water partition coefficient (Wildman–Crippen LogP) is 1.21. The van der Waals surface area contributed by atoms with Crippen molar-refractivity contribution in [1.29, 1.82) is 0 Å². The van der Waals surface area contributed by atoms with Gasteiger partial charge < -0.3 is 19.4 Å². The van der Waals surface area contributed by atoms with E-state index in [4.69, 9.17) is 4.74 Å². The van der Waals surface area contributed by atoms with E-state index in [-0.39, 0.29) is 17.7 Å². The molecule has 0 spiro atoms. The van der Waals surface area contributed by atoms with Gasteiger partial charge in [0.2, 0.25) is 11.8 Å². The Morgan fingerprint density at radius 2 is 2.00 bits per heavy atom. The third-order valence-corrected chi connectivity index (χ3v) is 5.20. The number of likely N-dealkylation sites (tertiary alicyclic amines) is 1. The minimum absolute atomic E-state index is 0.0633. The van der Waals surface area contributed by atoms with Gasteiger partial charge in [-0.3, -0.25) is 9.59 Å². The lowest BCUT2D eigenvalue weighted by Gasteiger charge is -2.35. The Hall–Kier alpha value is -2.08. The molecule has 2 fully saturated rings. The number of ether oxygens (including phenoxy) is 1. The van der Waals surface area contributed by atoms with E-state index in [1.165, 1.54) is 0 Å². The third-order valence-electron chi connectivity index (χ3n) is 5.20. The highest BCUT2D eigenvalue weighted by atomic mass is 16.5. The largest absolute Gasteiger partial charge is 0.497 e. The molecule has 0 radical (unpaired) electrons. The molecule has 1 aromatic rings. The molecule has 1 aromatic carbocycles. The van der Waals surface area contributed by atoms with Crippen LogP contribution in [0.2, 0.25) is 0 Å². The number of amides is 2. The van der Waals surface area contributed by atoms with Crippen LogP contribution in [-0.2, 0) is 16.1 Å². The summed E-state index contributed by atoms with van der Waals surface area (Å²) < 4.78 is 5.23. The summed E-state index contributed by atoms with van der Waals surface area (Å²) in [5.41, 5.74) is 1.03. The maximum Gasteiger partial charge on any atom is 0.228 e. The first kappa shape index (κ1) is 17.7. The molecule has 2 heterocycles. The summed E-state index contributed by atoms with van der Waals surface area (Å²) in [6.45, 7) is 7.61. The molecule has 0 unspecified atom stereocenters. The van der Waals surface area contributed by atoms with Crippen LogP contribution in [0.25, 0.3) is 0 Å². The fourth-order valence-electron chi connectivity index (χ4n) is 3.62. The van der Waals surface area contributed by atoms with Gasteiger partial charge in [-0.25, -0.2) is 0 Å². The first-order valence-corrected chi connectivity index (χ1v) is 9.02. The molecule has 0 saturated carbocycles. The standard InChI is InChI=1S/C19H27N3O3/c1-3-20-7-9-21(10-8-20)19(24)16-12-18(23)22(14-16)13-15-5-4-6-17(11-15)25-2/h4-6,11,16H,3,7-10,12-14H2,1-2H3/t16-/m0/s1. The van der Waals surface area contributed by atoms with Crippen LogP contribution in [0.15, 0.2) is 24.3 Å². The van der Waals surface area contributed by atoms with Crippen LogP contribution in [0.3, 0.4) is 0 Å². The summed E-state index contributed by atoms with van der Waals surface area (Å²) in [4.78, 5) is 31.2. The van der Waals surface area contributed by atoms with Crippen molar-refractivity contribution in [2.75, 3.05) is 46.4 Å². The highest BCUT2D eigenvalue weighted by Gasteiger charge is 2.37. The SMILES string of the molecule is CCN1CCN(C(=O)[C@H]2CC(=O)N(Cc3cccc(OC)c3)C2)CC1. The maximum absolute atomic E-state index is 12.7. The first-order valence-electron chi connectivity index (χ1n) is 9.02. The number of likely N-dealkylation sites (N-methyl/N-ethyl adjacent to an activating group) is 1. The molecule has 0 aromatic heterocycles. The number of carbonyl (C=O) groups is 2. The Labute approximate surface area is 149 Å². The molecule has 6 nitrogen and oxygen atoms in total. The van der Waals surface area contributed by atoms with Crippen LogP contribution < -0.4 is 4.74 Å². The van der Waals surface area contributed by atoms with Gasteiger partial charge >= 0.3 is 0 Å². The molecule has 2 amide bonds. The number of piperazine rings is 1. The van der Waals surface area contributed by atoms with E-state index in [0.717, 1.165) is 44.0 Å². The minimum Gasteiger partial charge on any atom is -0.497 e. The van der Waals surface area contributed by atoms with Gasteiger partial charge in [-0.1, -0.05) is 19.1 Å². The molecule has 0 aliphatic carbocycles. The molecule has 136 valence electrons. The molecule has 2 aliphatic rings. The Bertz CT molecular complexity index is 626. The zero-order valence-electron chi connectivity index (χ0n) is 15.1. The van der Waals surface area contributed by atoms with E-state index in [0.29, 0.717) is 19.5 Å². The molecule has 6 heteroatoms. The highest BCUT2D eigenvalue weighted by molar-refractivity contribution is 5.89. The van der Waals surface area contributed by atoms with E-state index in [1.54, 1.807) is 12.0 Å². The van der Waals surface area contributed by atoms with Crippen molar-refractivity contribution in [3.63, 3.8) is 0 Å². The van der Waals surface area contributed by atoms with Gasteiger partial charge in [-0.2, -0.15) is 0 Å². The summed E-state index contributed by atoms with van der Waals surface area (Å²) in [6, 6.07) is 7.73. The van der Waals surface area contributed by atoms with Crippen LogP contribution in [-0.4, -0.2) is 72.9 Å². The van der Waals surface area contributed by atoms with Gasteiger partial charge in [0.15, 0.2) is 0 Å². The van der Waals surface area contributed by atoms with Crippen molar-refractivity contribution >= 4 is 11.8 Å². The van der Waals surface area contributed by atoms with Crippen LogP contribution in [0, 0.1) is 5.92 Å². The first-order chi connectivity index (χ1) is 12.1. The molecule has 2 aliphatic heterocycles. The van der Waals surface area contributed by atoms with Gasteiger partial charge in [0.25, 0.3) is 0 Å². The van der Waals surface area contributed by atoms with E-state index in [1.807, 2.05) is 29.2 Å². The van der Waals surface area contributed by atoms with Gasteiger partial charge in [0.1, 0.15) is 5.75 Å². The monoisotopic (exact) mass is 345 g/mol. The fraction of sp³-hybridized carbons (Fsp3) is 0.579. The highest BCUT2D eigenvalue weighted by Crippen LogP contribution is 2.24. The lowest BCUT2D eigenvalue weighted by molar-refractivity contribution is -0.137. The molecule has 0 N–H and O–H groups in total. The maximum atomic E-state index is 12.7. The normalized spacial score (nSPS) is 21.7. The van der Waals surface area contributed by atoms with Crippen molar-refractivity contribution in [2.24, 2.45) is 5.92 Å².